The van der Waals surface area contributed by atoms with Gasteiger partial charge < -0.3 is 15.0 Å². The van der Waals surface area contributed by atoms with E-state index in [2.05, 4.69) is 22.1 Å². The molecule has 3 aromatic rings. The molecule has 1 heterocycles. The van der Waals surface area contributed by atoms with Crippen LogP contribution in [0.3, 0.4) is 0 Å². The Labute approximate surface area is 169 Å². The number of aromatic nitrogens is 1. The first-order chi connectivity index (χ1) is 14.0. The summed E-state index contributed by atoms with van der Waals surface area (Å²) in [5.41, 5.74) is 2.26. The minimum absolute atomic E-state index is 0.0939. The number of halogens is 1. The zero-order valence-electron chi connectivity index (χ0n) is 16.3. The zero-order valence-corrected chi connectivity index (χ0v) is 16.3. The Balaban J connectivity index is 1.63. The molecule has 0 saturated heterocycles. The molecule has 0 spiro atoms. The summed E-state index contributed by atoms with van der Waals surface area (Å²) in [7, 11) is 1.98. The predicted molar refractivity (Wildman–Crippen MR) is 114 cm³/mol. The molecule has 0 fully saturated rings. The monoisotopic (exact) mass is 391 g/mol. The summed E-state index contributed by atoms with van der Waals surface area (Å²) in [6.07, 6.45) is 6.03. The number of amides is 1. The van der Waals surface area contributed by atoms with Crippen molar-refractivity contribution in [1.82, 2.24) is 4.98 Å². The van der Waals surface area contributed by atoms with Gasteiger partial charge in [0.25, 0.3) is 0 Å². The van der Waals surface area contributed by atoms with E-state index in [-0.39, 0.29) is 11.7 Å². The second-order valence-corrected chi connectivity index (χ2v) is 6.37. The maximum absolute atomic E-state index is 14.3. The van der Waals surface area contributed by atoms with Crippen molar-refractivity contribution >= 4 is 23.4 Å². The van der Waals surface area contributed by atoms with Gasteiger partial charge in [0.05, 0.1) is 6.20 Å². The summed E-state index contributed by atoms with van der Waals surface area (Å²) in [5, 5.41) is 2.81. The molecule has 1 N–H and O–H groups in total. The Kier molecular flexibility index (Phi) is 6.58. The van der Waals surface area contributed by atoms with Crippen LogP contribution in [-0.2, 0) is 4.79 Å². The Hall–Kier alpha value is -3.67. The number of nitrogens with zero attached hydrogens (tertiary/aromatic N) is 2. The molecule has 2 aromatic carbocycles. The van der Waals surface area contributed by atoms with Crippen molar-refractivity contribution in [2.45, 2.75) is 6.92 Å². The predicted octanol–water partition coefficient (Wildman–Crippen LogP) is 5.12. The first kappa shape index (κ1) is 20.1. The van der Waals surface area contributed by atoms with E-state index in [1.54, 1.807) is 30.5 Å². The molecular weight excluding hydrogens is 369 g/mol. The van der Waals surface area contributed by atoms with E-state index in [0.29, 0.717) is 17.0 Å². The molecule has 0 bridgehead atoms. The van der Waals surface area contributed by atoms with Gasteiger partial charge in [-0.2, -0.15) is 0 Å². The molecule has 0 radical (unpaired) electrons. The van der Waals surface area contributed by atoms with Crippen LogP contribution in [-0.4, -0.2) is 24.5 Å². The first-order valence-corrected chi connectivity index (χ1v) is 9.23. The van der Waals surface area contributed by atoms with E-state index in [4.69, 9.17) is 4.74 Å². The number of benzene rings is 2. The number of hydrogen-bond acceptors (Lipinski definition) is 4. The number of rotatable bonds is 7. The van der Waals surface area contributed by atoms with E-state index in [1.807, 2.05) is 31.3 Å². The van der Waals surface area contributed by atoms with Crippen LogP contribution in [0.1, 0.15) is 12.5 Å². The summed E-state index contributed by atoms with van der Waals surface area (Å²) in [5.74, 6) is -0.273. The first-order valence-electron chi connectivity index (χ1n) is 9.23. The fourth-order valence-corrected chi connectivity index (χ4v) is 2.60. The average Bonchev–Trinajstić information content (AvgIpc) is 2.74. The minimum Gasteiger partial charge on any atom is -0.453 e. The number of pyridine rings is 1. The molecular formula is C23H22FN3O2. The van der Waals surface area contributed by atoms with Gasteiger partial charge in [0.2, 0.25) is 5.91 Å². The van der Waals surface area contributed by atoms with E-state index in [9.17, 15) is 9.18 Å². The molecule has 0 aliphatic heterocycles. The largest absolute Gasteiger partial charge is 0.453 e. The van der Waals surface area contributed by atoms with Crippen molar-refractivity contribution in [3.63, 3.8) is 0 Å². The second-order valence-electron chi connectivity index (χ2n) is 6.37. The van der Waals surface area contributed by atoms with Gasteiger partial charge >= 0.3 is 0 Å². The molecule has 3 rings (SSSR count). The molecule has 0 aliphatic carbocycles. The van der Waals surface area contributed by atoms with Crippen molar-refractivity contribution in [2.75, 3.05) is 23.8 Å². The van der Waals surface area contributed by atoms with Crippen LogP contribution in [0.4, 0.5) is 15.8 Å². The molecule has 0 unspecified atom stereocenters. The quantitative estimate of drug-likeness (QED) is 0.568. The van der Waals surface area contributed by atoms with Gasteiger partial charge in [0, 0.05) is 37.2 Å². The highest BCUT2D eigenvalue weighted by atomic mass is 19.1. The zero-order chi connectivity index (χ0) is 20.6. The lowest BCUT2D eigenvalue weighted by Crippen LogP contribution is -2.16. The SMILES string of the molecule is CCN(C)c1cccc(NC(=O)/C=C/c2ccc(Oc3cccnc3)c(F)c2)c1. The lowest BCUT2D eigenvalue weighted by atomic mass is 10.2. The lowest BCUT2D eigenvalue weighted by Gasteiger charge is -2.17. The molecule has 148 valence electrons. The van der Waals surface area contributed by atoms with Crippen LogP contribution in [0.15, 0.2) is 73.1 Å². The van der Waals surface area contributed by atoms with Gasteiger partial charge in [-0.1, -0.05) is 12.1 Å². The summed E-state index contributed by atoms with van der Waals surface area (Å²) in [4.78, 5) is 18.2. The molecule has 29 heavy (non-hydrogen) atoms. The highest BCUT2D eigenvalue weighted by Gasteiger charge is 2.06. The molecule has 5 nitrogen and oxygen atoms in total. The number of hydrogen-bond donors (Lipinski definition) is 1. The van der Waals surface area contributed by atoms with Crippen LogP contribution in [0, 0.1) is 5.82 Å². The topological polar surface area (TPSA) is 54.5 Å². The normalized spacial score (nSPS) is 10.7. The van der Waals surface area contributed by atoms with Crippen molar-refractivity contribution in [3.8, 4) is 11.5 Å². The summed E-state index contributed by atoms with van der Waals surface area (Å²) >= 11 is 0. The number of ether oxygens (including phenoxy) is 1. The van der Waals surface area contributed by atoms with Crippen molar-refractivity contribution in [2.24, 2.45) is 0 Å². The highest BCUT2D eigenvalue weighted by molar-refractivity contribution is 6.02. The second kappa shape index (κ2) is 9.50. The van der Waals surface area contributed by atoms with Crippen molar-refractivity contribution < 1.29 is 13.9 Å². The Morgan fingerprint density at radius 1 is 1.21 bits per heavy atom. The van der Waals surface area contributed by atoms with Crippen LogP contribution in [0.5, 0.6) is 11.5 Å². The third-order valence-corrected chi connectivity index (χ3v) is 4.27. The van der Waals surface area contributed by atoms with Gasteiger partial charge in [-0.05, 0) is 61.0 Å². The molecule has 1 aromatic heterocycles. The molecule has 0 atom stereocenters. The molecule has 0 saturated carbocycles. The third kappa shape index (κ3) is 5.65. The summed E-state index contributed by atoms with van der Waals surface area (Å²) in [6.45, 7) is 2.92. The smallest absolute Gasteiger partial charge is 0.248 e. The Bertz CT molecular complexity index is 1010. The Morgan fingerprint density at radius 2 is 2.07 bits per heavy atom. The summed E-state index contributed by atoms with van der Waals surface area (Å²) in [6, 6.07) is 15.5. The number of anilines is 2. The average molecular weight is 391 g/mol. The molecule has 0 aliphatic rings. The molecule has 1 amide bonds. The van der Waals surface area contributed by atoms with Crippen molar-refractivity contribution in [1.29, 1.82) is 0 Å². The van der Waals surface area contributed by atoms with Crippen LogP contribution in [0.25, 0.3) is 6.08 Å². The van der Waals surface area contributed by atoms with Gasteiger partial charge in [0.15, 0.2) is 11.6 Å². The van der Waals surface area contributed by atoms with Gasteiger partial charge in [0.1, 0.15) is 5.75 Å². The fourth-order valence-electron chi connectivity index (χ4n) is 2.60. The molecule has 6 heteroatoms. The minimum atomic E-state index is -0.522. The summed E-state index contributed by atoms with van der Waals surface area (Å²) < 4.78 is 19.7. The van der Waals surface area contributed by atoms with Gasteiger partial charge in [-0.25, -0.2) is 4.39 Å². The standard InChI is InChI=1S/C23H22FN3O2/c1-3-27(2)19-7-4-6-18(15-19)26-23(28)12-10-17-9-11-22(21(24)14-17)29-20-8-5-13-25-16-20/h4-16H,3H2,1-2H3,(H,26,28)/b12-10+. The van der Waals surface area contributed by atoms with Crippen LogP contribution < -0.4 is 15.0 Å². The van der Waals surface area contributed by atoms with E-state index >= 15 is 0 Å². The van der Waals surface area contributed by atoms with Gasteiger partial charge in [-0.15, -0.1) is 0 Å². The van der Waals surface area contributed by atoms with E-state index in [0.717, 1.165) is 12.2 Å². The number of carbonyl (C=O) groups excluding carboxylic acids is 1. The van der Waals surface area contributed by atoms with E-state index in [1.165, 1.54) is 24.4 Å². The fraction of sp³-hybridized carbons (Fsp3) is 0.130. The van der Waals surface area contributed by atoms with Crippen LogP contribution in [0.2, 0.25) is 0 Å². The Morgan fingerprint density at radius 3 is 2.79 bits per heavy atom. The third-order valence-electron chi connectivity index (χ3n) is 4.27. The van der Waals surface area contributed by atoms with E-state index < -0.39 is 5.82 Å². The van der Waals surface area contributed by atoms with Gasteiger partial charge in [-0.3, -0.25) is 9.78 Å². The lowest BCUT2D eigenvalue weighted by molar-refractivity contribution is -0.111. The number of carbonyl (C=O) groups is 1. The maximum Gasteiger partial charge on any atom is 0.248 e. The van der Waals surface area contributed by atoms with Crippen LogP contribution >= 0.6 is 0 Å². The maximum atomic E-state index is 14.3. The van der Waals surface area contributed by atoms with Crippen molar-refractivity contribution in [3.05, 3.63) is 84.4 Å². The highest BCUT2D eigenvalue weighted by Crippen LogP contribution is 2.25. The number of nitrogens with one attached hydrogen (secondary N) is 1.